The van der Waals surface area contributed by atoms with Gasteiger partial charge in [0.05, 0.1) is 11.1 Å². The molecule has 1 saturated carbocycles. The third kappa shape index (κ3) is 1.41. The molecule has 1 aliphatic rings. The summed E-state index contributed by atoms with van der Waals surface area (Å²) in [5.41, 5.74) is 1.76. The van der Waals surface area contributed by atoms with Crippen molar-refractivity contribution in [2.45, 2.75) is 25.3 Å². The predicted molar refractivity (Wildman–Crippen MR) is 62.0 cm³/mol. The van der Waals surface area contributed by atoms with E-state index in [1.165, 1.54) is 6.07 Å². The van der Waals surface area contributed by atoms with Crippen molar-refractivity contribution in [1.82, 2.24) is 4.98 Å². The first-order chi connectivity index (χ1) is 8.16. The van der Waals surface area contributed by atoms with Gasteiger partial charge in [0.15, 0.2) is 0 Å². The fourth-order valence-electron chi connectivity index (χ4n) is 2.26. The van der Waals surface area contributed by atoms with Crippen LogP contribution in [0.4, 0.5) is 4.39 Å². The second-order valence-corrected chi connectivity index (χ2v) is 4.59. The van der Waals surface area contributed by atoms with Crippen LogP contribution in [0.25, 0.3) is 10.9 Å². The molecule has 0 amide bonds. The number of isocyanates is 1. The number of halogens is 1. The molecule has 17 heavy (non-hydrogen) atoms. The Kier molecular flexibility index (Phi) is 1.98. The highest BCUT2D eigenvalue weighted by atomic mass is 19.1. The molecule has 0 aliphatic heterocycles. The second kappa shape index (κ2) is 3.28. The highest BCUT2D eigenvalue weighted by Crippen LogP contribution is 2.50. The van der Waals surface area contributed by atoms with E-state index in [-0.39, 0.29) is 5.82 Å². The molecule has 0 saturated heterocycles. The summed E-state index contributed by atoms with van der Waals surface area (Å²) in [7, 11) is 0. The number of hydrogen-bond acceptors (Lipinski definition) is 2. The molecular formula is C13H11FN2O. The molecule has 0 spiro atoms. The molecule has 1 N–H and O–H groups in total. The van der Waals surface area contributed by atoms with Crippen molar-refractivity contribution in [1.29, 1.82) is 0 Å². The number of H-pyrrole nitrogens is 1. The van der Waals surface area contributed by atoms with E-state index in [1.807, 2.05) is 13.0 Å². The largest absolute Gasteiger partial charge is 0.359 e. The van der Waals surface area contributed by atoms with Gasteiger partial charge in [-0.15, -0.1) is 0 Å². The summed E-state index contributed by atoms with van der Waals surface area (Å²) in [6.07, 6.45) is 4.94. The molecule has 0 bridgehead atoms. The maximum Gasteiger partial charge on any atom is 0.235 e. The zero-order valence-electron chi connectivity index (χ0n) is 9.38. The number of aryl methyl sites for hydroxylation is 1. The van der Waals surface area contributed by atoms with Gasteiger partial charge < -0.3 is 4.98 Å². The maximum absolute atomic E-state index is 13.9. The molecule has 0 unspecified atom stereocenters. The van der Waals surface area contributed by atoms with Gasteiger partial charge in [0.1, 0.15) is 5.82 Å². The van der Waals surface area contributed by atoms with E-state index in [9.17, 15) is 9.18 Å². The van der Waals surface area contributed by atoms with Crippen molar-refractivity contribution < 1.29 is 9.18 Å². The van der Waals surface area contributed by atoms with Gasteiger partial charge in [0.25, 0.3) is 0 Å². The normalized spacial score (nSPS) is 16.8. The van der Waals surface area contributed by atoms with Crippen molar-refractivity contribution >= 4 is 17.0 Å². The van der Waals surface area contributed by atoms with E-state index in [0.717, 1.165) is 29.4 Å². The topological polar surface area (TPSA) is 45.2 Å². The lowest BCUT2D eigenvalue weighted by Crippen LogP contribution is -2.03. The molecule has 1 fully saturated rings. The van der Waals surface area contributed by atoms with Crippen molar-refractivity contribution in [2.75, 3.05) is 0 Å². The summed E-state index contributed by atoms with van der Waals surface area (Å²) >= 11 is 0. The van der Waals surface area contributed by atoms with E-state index in [2.05, 4.69) is 9.98 Å². The quantitative estimate of drug-likeness (QED) is 0.625. The van der Waals surface area contributed by atoms with Crippen LogP contribution in [0.2, 0.25) is 0 Å². The van der Waals surface area contributed by atoms with E-state index < -0.39 is 5.54 Å². The van der Waals surface area contributed by atoms with Crippen molar-refractivity contribution in [3.05, 3.63) is 35.3 Å². The smallest absolute Gasteiger partial charge is 0.235 e. The molecule has 1 aromatic carbocycles. The summed E-state index contributed by atoms with van der Waals surface area (Å²) in [6, 6.07) is 3.38. The predicted octanol–water partition coefficient (Wildman–Crippen LogP) is 2.94. The minimum atomic E-state index is -0.513. The van der Waals surface area contributed by atoms with Crippen LogP contribution in [0, 0.1) is 12.7 Å². The Hall–Kier alpha value is -1.93. The van der Waals surface area contributed by atoms with Crippen LogP contribution in [-0.4, -0.2) is 11.1 Å². The van der Waals surface area contributed by atoms with E-state index in [4.69, 9.17) is 0 Å². The molecular weight excluding hydrogens is 219 g/mol. The lowest BCUT2D eigenvalue weighted by Gasteiger charge is -2.09. The van der Waals surface area contributed by atoms with Gasteiger partial charge in [-0.05, 0) is 43.0 Å². The van der Waals surface area contributed by atoms with Gasteiger partial charge in [-0.2, -0.15) is 4.99 Å². The number of nitrogens with one attached hydrogen (secondary N) is 1. The number of benzene rings is 1. The Balaban J connectivity index is 2.25. The van der Waals surface area contributed by atoms with Crippen LogP contribution in [0.15, 0.2) is 23.3 Å². The van der Waals surface area contributed by atoms with E-state index in [0.29, 0.717) is 5.52 Å². The molecule has 0 atom stereocenters. The second-order valence-electron chi connectivity index (χ2n) is 4.59. The van der Waals surface area contributed by atoms with Gasteiger partial charge in [-0.25, -0.2) is 9.18 Å². The minimum absolute atomic E-state index is 0.294. The first kappa shape index (κ1) is 10.2. The van der Waals surface area contributed by atoms with E-state index in [1.54, 1.807) is 12.3 Å². The Morgan fingerprint density at radius 2 is 2.24 bits per heavy atom. The summed E-state index contributed by atoms with van der Waals surface area (Å²) in [6.45, 7) is 1.92. The molecule has 1 aromatic heterocycles. The van der Waals surface area contributed by atoms with Crippen molar-refractivity contribution in [2.24, 2.45) is 4.99 Å². The fourth-order valence-corrected chi connectivity index (χ4v) is 2.26. The highest BCUT2D eigenvalue weighted by molar-refractivity contribution is 5.84. The molecule has 86 valence electrons. The van der Waals surface area contributed by atoms with Crippen LogP contribution in [0.1, 0.15) is 24.0 Å². The molecule has 3 rings (SSSR count). The van der Waals surface area contributed by atoms with Gasteiger partial charge in [-0.1, -0.05) is 0 Å². The number of aliphatic imine (C=N–C) groups is 1. The Bertz CT molecular complexity index is 649. The Morgan fingerprint density at radius 3 is 2.88 bits per heavy atom. The average molecular weight is 230 g/mol. The number of hydrogen-bond donors (Lipinski definition) is 1. The lowest BCUT2D eigenvalue weighted by molar-refractivity contribution is 0.555. The monoisotopic (exact) mass is 230 g/mol. The number of nitrogens with zero attached hydrogens (tertiary/aromatic N) is 1. The highest BCUT2D eigenvalue weighted by Gasteiger charge is 2.45. The zero-order valence-corrected chi connectivity index (χ0v) is 9.38. The molecule has 1 aliphatic carbocycles. The van der Waals surface area contributed by atoms with Crippen molar-refractivity contribution in [3.63, 3.8) is 0 Å². The Labute approximate surface area is 97.4 Å². The first-order valence-corrected chi connectivity index (χ1v) is 5.53. The molecule has 4 heteroatoms. The number of fused-ring (bicyclic) bond motifs is 1. The van der Waals surface area contributed by atoms with Gasteiger partial charge in [0, 0.05) is 11.6 Å². The zero-order chi connectivity index (χ0) is 12.0. The summed E-state index contributed by atoms with van der Waals surface area (Å²) in [5.74, 6) is -0.294. The number of rotatable bonds is 2. The third-order valence-corrected chi connectivity index (χ3v) is 3.47. The number of carbonyl (C=O) groups excluding carboxylic acids is 1. The van der Waals surface area contributed by atoms with Crippen LogP contribution in [-0.2, 0) is 10.3 Å². The van der Waals surface area contributed by atoms with Crippen LogP contribution in [0.3, 0.4) is 0 Å². The van der Waals surface area contributed by atoms with E-state index >= 15 is 0 Å². The summed E-state index contributed by atoms with van der Waals surface area (Å²) < 4.78 is 13.9. The van der Waals surface area contributed by atoms with Crippen LogP contribution >= 0.6 is 0 Å². The van der Waals surface area contributed by atoms with Gasteiger partial charge >= 0.3 is 0 Å². The average Bonchev–Trinajstić information content (AvgIpc) is 2.99. The lowest BCUT2D eigenvalue weighted by atomic mass is 10.0. The Morgan fingerprint density at radius 1 is 1.47 bits per heavy atom. The van der Waals surface area contributed by atoms with Crippen LogP contribution in [0.5, 0.6) is 0 Å². The minimum Gasteiger partial charge on any atom is -0.359 e. The maximum atomic E-state index is 13.9. The molecule has 3 nitrogen and oxygen atoms in total. The molecule has 1 heterocycles. The van der Waals surface area contributed by atoms with Crippen LogP contribution < -0.4 is 0 Å². The first-order valence-electron chi connectivity index (χ1n) is 5.53. The van der Waals surface area contributed by atoms with Gasteiger partial charge in [-0.3, -0.25) is 0 Å². The fraction of sp³-hybridized carbons (Fsp3) is 0.308. The SMILES string of the molecule is Cc1c[nH]c2c(F)cc(C3(N=C=O)CC3)cc12. The van der Waals surface area contributed by atoms with Crippen molar-refractivity contribution in [3.8, 4) is 0 Å². The molecule has 2 aromatic rings. The number of aromatic nitrogens is 1. The summed E-state index contributed by atoms with van der Waals surface area (Å²) in [4.78, 5) is 17.1. The summed E-state index contributed by atoms with van der Waals surface area (Å²) in [5, 5.41) is 0.854. The standard InChI is InChI=1S/C13H11FN2O/c1-8-6-15-12-10(8)4-9(5-11(12)14)13(2-3-13)16-7-17/h4-6,15H,2-3H2,1H3. The molecule has 0 radical (unpaired) electrons. The number of aromatic amines is 1. The van der Waals surface area contributed by atoms with Gasteiger partial charge in [0.2, 0.25) is 6.08 Å². The third-order valence-electron chi connectivity index (χ3n) is 3.47.